The number of hydrogen-bond donors (Lipinski definition) is 4. The number of rotatable bonds is 10. The van der Waals surface area contributed by atoms with Crippen molar-refractivity contribution in [2.75, 3.05) is 18.4 Å². The molecule has 12 nitrogen and oxygen atoms in total. The lowest BCUT2D eigenvalue weighted by atomic mass is 9.82. The Morgan fingerprint density at radius 1 is 1.13 bits per heavy atom. The molecule has 1 aromatic heterocycles. The van der Waals surface area contributed by atoms with Crippen molar-refractivity contribution >= 4 is 35.2 Å². The number of nitrogens with one attached hydrogen (secondary N) is 2. The first-order chi connectivity index (χ1) is 18.5. The minimum absolute atomic E-state index is 0.121. The smallest absolute Gasteiger partial charge is 0.322 e. The predicted molar refractivity (Wildman–Crippen MR) is 143 cm³/mol. The first-order valence-corrected chi connectivity index (χ1v) is 12.8. The number of carboxylic acid groups (broad SMARTS) is 1. The van der Waals surface area contributed by atoms with E-state index in [1.165, 1.54) is 5.01 Å². The highest BCUT2D eigenvalue weighted by atomic mass is 16.4. The van der Waals surface area contributed by atoms with Crippen LogP contribution in [-0.4, -0.2) is 68.7 Å². The molecular formula is C27H33N7O5. The second-order valence-electron chi connectivity index (χ2n) is 10.4. The molecule has 0 spiro atoms. The number of primary amides is 1. The van der Waals surface area contributed by atoms with Crippen molar-refractivity contribution in [2.45, 2.75) is 52.2 Å². The van der Waals surface area contributed by atoms with E-state index in [1.807, 2.05) is 44.2 Å². The molecule has 0 unspecified atom stereocenters. The third kappa shape index (κ3) is 6.77. The largest absolute Gasteiger partial charge is 0.480 e. The Kier molecular flexibility index (Phi) is 8.24. The monoisotopic (exact) mass is 535 g/mol. The zero-order chi connectivity index (χ0) is 28.2. The van der Waals surface area contributed by atoms with Crippen LogP contribution in [0.4, 0.5) is 10.5 Å². The van der Waals surface area contributed by atoms with Gasteiger partial charge in [0, 0.05) is 44.1 Å². The van der Waals surface area contributed by atoms with Gasteiger partial charge in [-0.05, 0) is 47.9 Å². The Labute approximate surface area is 226 Å². The number of amides is 4. The molecule has 12 heteroatoms. The van der Waals surface area contributed by atoms with Crippen molar-refractivity contribution in [3.63, 3.8) is 0 Å². The minimum atomic E-state index is -1.16. The van der Waals surface area contributed by atoms with E-state index in [4.69, 9.17) is 5.73 Å². The summed E-state index contributed by atoms with van der Waals surface area (Å²) in [6.07, 6.45) is 4.08. The average Bonchev–Trinajstić information content (AvgIpc) is 3.33. The summed E-state index contributed by atoms with van der Waals surface area (Å²) < 4.78 is 0. The van der Waals surface area contributed by atoms with Gasteiger partial charge in [-0.15, -0.1) is 0 Å². The van der Waals surface area contributed by atoms with Crippen molar-refractivity contribution in [1.82, 2.24) is 20.2 Å². The molecule has 206 valence electrons. The van der Waals surface area contributed by atoms with Gasteiger partial charge in [0.15, 0.2) is 0 Å². The second kappa shape index (κ2) is 11.6. The van der Waals surface area contributed by atoms with E-state index in [0.29, 0.717) is 31.6 Å². The number of urea groups is 1. The van der Waals surface area contributed by atoms with Gasteiger partial charge in [-0.2, -0.15) is 5.10 Å². The van der Waals surface area contributed by atoms with Crippen molar-refractivity contribution in [3.05, 3.63) is 59.4 Å². The number of nitrogens with two attached hydrogens (primary N) is 1. The van der Waals surface area contributed by atoms with Crippen molar-refractivity contribution < 1.29 is 24.3 Å². The second-order valence-corrected chi connectivity index (χ2v) is 10.4. The SMILES string of the molecule is CC1(C)CC(c2ccc(NC(=O)N3Cc4ccncc4C3)cc2)=NN(CCCN[C@@H](CC(N)=O)C(=O)O)C1=O. The third-order valence-electron chi connectivity index (χ3n) is 6.79. The fourth-order valence-electron chi connectivity index (χ4n) is 4.65. The van der Waals surface area contributed by atoms with E-state index >= 15 is 0 Å². The quantitative estimate of drug-likeness (QED) is 0.337. The van der Waals surface area contributed by atoms with E-state index in [0.717, 1.165) is 22.4 Å². The lowest BCUT2D eigenvalue weighted by Gasteiger charge is -2.34. The standard InChI is InChI=1S/C27H33N7O5/c1-27(2)13-22(32-34(25(27)38)11-3-9-30-21(24(36)37)12-23(28)35)17-4-6-20(7-5-17)31-26(39)33-15-18-8-10-29-14-19(18)16-33/h4-8,10,14,21,30H,3,9,11-13,15-16H2,1-2H3,(H2,28,35)(H,31,39)(H,36,37)/t21-/m0/s1. The maximum atomic E-state index is 13.0. The van der Waals surface area contributed by atoms with E-state index in [1.54, 1.807) is 17.3 Å². The number of aliphatic carboxylic acids is 1. The Balaban J connectivity index is 1.36. The molecular weight excluding hydrogens is 502 g/mol. The summed E-state index contributed by atoms with van der Waals surface area (Å²) in [5.41, 5.74) is 8.80. The van der Waals surface area contributed by atoms with Crippen LogP contribution in [0, 0.1) is 5.41 Å². The lowest BCUT2D eigenvalue weighted by Crippen LogP contribution is -2.45. The van der Waals surface area contributed by atoms with Crippen molar-refractivity contribution in [2.24, 2.45) is 16.3 Å². The average molecular weight is 536 g/mol. The summed E-state index contributed by atoms with van der Waals surface area (Å²) in [5, 5.41) is 20.9. The van der Waals surface area contributed by atoms with Gasteiger partial charge < -0.3 is 26.4 Å². The first-order valence-electron chi connectivity index (χ1n) is 12.8. The number of fused-ring (bicyclic) bond motifs is 1. The topological polar surface area (TPSA) is 170 Å². The Hall–Kier alpha value is -4.32. The number of nitrogens with zero attached hydrogens (tertiary/aromatic N) is 4. The van der Waals surface area contributed by atoms with Crippen LogP contribution in [0.15, 0.2) is 47.8 Å². The van der Waals surface area contributed by atoms with Crippen molar-refractivity contribution in [1.29, 1.82) is 0 Å². The number of hydrazone groups is 1. The molecule has 1 aromatic carbocycles. The van der Waals surface area contributed by atoms with Gasteiger partial charge in [0.25, 0.3) is 0 Å². The highest BCUT2D eigenvalue weighted by molar-refractivity contribution is 6.06. The Morgan fingerprint density at radius 2 is 1.85 bits per heavy atom. The van der Waals surface area contributed by atoms with Crippen LogP contribution in [0.5, 0.6) is 0 Å². The predicted octanol–water partition coefficient (Wildman–Crippen LogP) is 1.90. The number of carbonyl (C=O) groups excluding carboxylic acids is 3. The zero-order valence-electron chi connectivity index (χ0n) is 22.0. The molecule has 4 amide bonds. The summed E-state index contributed by atoms with van der Waals surface area (Å²) in [7, 11) is 0. The zero-order valence-corrected chi connectivity index (χ0v) is 22.0. The molecule has 0 saturated heterocycles. The van der Waals surface area contributed by atoms with Gasteiger partial charge in [-0.1, -0.05) is 26.0 Å². The van der Waals surface area contributed by atoms with Crippen LogP contribution in [0.25, 0.3) is 0 Å². The molecule has 0 saturated carbocycles. The normalized spacial score (nSPS) is 16.9. The van der Waals surface area contributed by atoms with E-state index in [-0.39, 0.29) is 31.4 Å². The highest BCUT2D eigenvalue weighted by Crippen LogP contribution is 2.31. The first kappa shape index (κ1) is 27.7. The van der Waals surface area contributed by atoms with E-state index in [9.17, 15) is 24.3 Å². The molecule has 4 rings (SSSR count). The van der Waals surface area contributed by atoms with Crippen LogP contribution < -0.4 is 16.4 Å². The molecule has 3 heterocycles. The highest BCUT2D eigenvalue weighted by Gasteiger charge is 2.38. The molecule has 39 heavy (non-hydrogen) atoms. The molecule has 2 aromatic rings. The molecule has 2 aliphatic rings. The Bertz CT molecular complexity index is 1270. The van der Waals surface area contributed by atoms with Crippen molar-refractivity contribution in [3.8, 4) is 0 Å². The molecule has 2 aliphatic heterocycles. The lowest BCUT2D eigenvalue weighted by molar-refractivity contribution is -0.142. The number of pyridine rings is 1. The van der Waals surface area contributed by atoms with Crippen LogP contribution in [0.2, 0.25) is 0 Å². The van der Waals surface area contributed by atoms with Crippen LogP contribution in [-0.2, 0) is 27.5 Å². The van der Waals surface area contributed by atoms with Crippen LogP contribution in [0.3, 0.4) is 0 Å². The molecule has 5 N–H and O–H groups in total. The summed E-state index contributed by atoms with van der Waals surface area (Å²) in [6.45, 7) is 5.33. The summed E-state index contributed by atoms with van der Waals surface area (Å²) >= 11 is 0. The van der Waals surface area contributed by atoms with Crippen LogP contribution >= 0.6 is 0 Å². The molecule has 0 bridgehead atoms. The molecule has 0 aliphatic carbocycles. The number of hydrogen-bond acceptors (Lipinski definition) is 7. The third-order valence-corrected chi connectivity index (χ3v) is 6.79. The summed E-state index contributed by atoms with van der Waals surface area (Å²) in [4.78, 5) is 53.9. The molecule has 0 fully saturated rings. The van der Waals surface area contributed by atoms with Gasteiger partial charge in [-0.3, -0.25) is 19.4 Å². The summed E-state index contributed by atoms with van der Waals surface area (Å²) in [6, 6.07) is 8.00. The number of benzene rings is 1. The molecule has 1 atom stereocenters. The number of anilines is 1. The van der Waals surface area contributed by atoms with Gasteiger partial charge >= 0.3 is 12.0 Å². The fourth-order valence-corrected chi connectivity index (χ4v) is 4.65. The molecule has 0 radical (unpaired) electrons. The van der Waals surface area contributed by atoms with Gasteiger partial charge in [0.05, 0.1) is 17.5 Å². The summed E-state index contributed by atoms with van der Waals surface area (Å²) in [5.74, 6) is -1.99. The maximum absolute atomic E-state index is 13.0. The van der Waals surface area contributed by atoms with Crippen LogP contribution in [0.1, 0.15) is 49.8 Å². The maximum Gasteiger partial charge on any atom is 0.322 e. The number of aromatic nitrogens is 1. The van der Waals surface area contributed by atoms with Gasteiger partial charge in [0.1, 0.15) is 6.04 Å². The number of carbonyl (C=O) groups is 4. The number of carboxylic acids is 1. The van der Waals surface area contributed by atoms with E-state index in [2.05, 4.69) is 20.7 Å². The fraction of sp³-hybridized carbons (Fsp3) is 0.407. The van der Waals surface area contributed by atoms with E-state index < -0.39 is 23.3 Å². The Morgan fingerprint density at radius 3 is 2.51 bits per heavy atom. The van der Waals surface area contributed by atoms with Gasteiger partial charge in [0.2, 0.25) is 11.8 Å². The van der Waals surface area contributed by atoms with Gasteiger partial charge in [-0.25, -0.2) is 9.80 Å². The minimum Gasteiger partial charge on any atom is -0.480 e.